The van der Waals surface area contributed by atoms with E-state index >= 15 is 0 Å². The molecule has 2 heterocycles. The monoisotopic (exact) mass is 491 g/mol. The van der Waals surface area contributed by atoms with Crippen molar-refractivity contribution >= 4 is 39.9 Å². The van der Waals surface area contributed by atoms with Gasteiger partial charge in [0.15, 0.2) is 0 Å². The zero-order chi connectivity index (χ0) is 24.8. The number of amides is 1. The fraction of sp³-hybridized carbons (Fsp3) is 0.231. The van der Waals surface area contributed by atoms with Crippen LogP contribution < -0.4 is 14.8 Å². The Morgan fingerprint density at radius 1 is 1.09 bits per heavy atom. The normalized spacial score (nSPS) is 11.7. The summed E-state index contributed by atoms with van der Waals surface area (Å²) in [6, 6.07) is 16.7. The van der Waals surface area contributed by atoms with E-state index in [0.29, 0.717) is 35.5 Å². The zero-order valence-corrected chi connectivity index (χ0v) is 20.5. The molecule has 180 valence electrons. The van der Waals surface area contributed by atoms with Gasteiger partial charge >= 0.3 is 0 Å². The third kappa shape index (κ3) is 6.16. The Labute approximate surface area is 208 Å². The van der Waals surface area contributed by atoms with Gasteiger partial charge in [0.2, 0.25) is 5.91 Å². The van der Waals surface area contributed by atoms with Gasteiger partial charge in [0.25, 0.3) is 0 Å². The van der Waals surface area contributed by atoms with Crippen LogP contribution in [0.4, 0.5) is 11.5 Å². The first-order chi connectivity index (χ1) is 16.9. The maximum atomic E-state index is 11.6. The average Bonchev–Trinajstić information content (AvgIpc) is 2.84. The summed E-state index contributed by atoms with van der Waals surface area (Å²) in [7, 11) is 1.74. The van der Waals surface area contributed by atoms with Crippen LogP contribution in [0.5, 0.6) is 11.5 Å². The molecule has 9 heteroatoms. The van der Waals surface area contributed by atoms with Crippen LogP contribution in [-0.4, -0.2) is 45.5 Å². The first-order valence-electron chi connectivity index (χ1n) is 11.1. The summed E-state index contributed by atoms with van der Waals surface area (Å²) in [4.78, 5) is 26.3. The molecule has 4 rings (SSSR count). The number of benzene rings is 2. The molecule has 4 aromatic rings. The van der Waals surface area contributed by atoms with Gasteiger partial charge in [-0.3, -0.25) is 9.78 Å². The highest BCUT2D eigenvalue weighted by Gasteiger charge is 2.15. The fourth-order valence-corrected chi connectivity index (χ4v) is 3.74. The Balaban J connectivity index is 1.54. The molecule has 0 radical (unpaired) electrons. The largest absolute Gasteiger partial charge is 0.488 e. The Morgan fingerprint density at radius 3 is 2.69 bits per heavy atom. The highest BCUT2D eigenvalue weighted by molar-refractivity contribution is 6.32. The second-order valence-corrected chi connectivity index (χ2v) is 8.49. The molecule has 2 aromatic heterocycles. The van der Waals surface area contributed by atoms with Crippen molar-refractivity contribution in [1.82, 2.24) is 19.9 Å². The molecule has 0 aliphatic rings. The van der Waals surface area contributed by atoms with Crippen LogP contribution in [0.2, 0.25) is 5.02 Å². The van der Waals surface area contributed by atoms with Crippen molar-refractivity contribution in [3.8, 4) is 11.5 Å². The molecule has 0 aliphatic heterocycles. The number of aromatic nitrogens is 3. The first kappa shape index (κ1) is 24.2. The maximum absolute atomic E-state index is 11.6. The first-order valence-corrected chi connectivity index (χ1v) is 11.5. The average molecular weight is 492 g/mol. The smallest absolute Gasteiger partial charge is 0.219 e. The third-order valence-corrected chi connectivity index (χ3v) is 5.61. The Bertz CT molecular complexity index is 1310. The van der Waals surface area contributed by atoms with E-state index in [1.807, 2.05) is 49.4 Å². The van der Waals surface area contributed by atoms with Gasteiger partial charge in [-0.1, -0.05) is 23.7 Å². The Kier molecular flexibility index (Phi) is 7.62. The number of fused-ring (bicyclic) bond motifs is 1. The number of nitrogens with one attached hydrogen (secondary N) is 1. The van der Waals surface area contributed by atoms with Gasteiger partial charge in [-0.25, -0.2) is 9.97 Å². The van der Waals surface area contributed by atoms with Crippen LogP contribution >= 0.6 is 11.6 Å². The fourth-order valence-electron chi connectivity index (χ4n) is 3.51. The molecule has 1 amide bonds. The zero-order valence-electron chi connectivity index (χ0n) is 19.7. The molecule has 0 bridgehead atoms. The van der Waals surface area contributed by atoms with Gasteiger partial charge in [0.1, 0.15) is 36.4 Å². The number of pyridine rings is 1. The lowest BCUT2D eigenvalue weighted by Gasteiger charge is -2.22. The van der Waals surface area contributed by atoms with Crippen LogP contribution in [0.15, 0.2) is 67.1 Å². The number of nitrogens with zero attached hydrogens (tertiary/aromatic N) is 4. The van der Waals surface area contributed by atoms with Gasteiger partial charge < -0.3 is 19.7 Å². The second kappa shape index (κ2) is 11.0. The minimum Gasteiger partial charge on any atom is -0.488 e. The number of anilines is 2. The van der Waals surface area contributed by atoms with Crippen molar-refractivity contribution < 1.29 is 14.3 Å². The highest BCUT2D eigenvalue weighted by atomic mass is 35.5. The minimum absolute atomic E-state index is 0.0200. The number of hydrogen-bond donors (Lipinski definition) is 1. The van der Waals surface area contributed by atoms with Crippen LogP contribution in [0.1, 0.15) is 19.5 Å². The molecule has 8 nitrogen and oxygen atoms in total. The molecule has 0 saturated heterocycles. The van der Waals surface area contributed by atoms with Crippen LogP contribution in [0.3, 0.4) is 0 Å². The van der Waals surface area contributed by atoms with E-state index in [9.17, 15) is 4.79 Å². The molecular weight excluding hydrogens is 466 g/mol. The molecule has 0 fully saturated rings. The third-order valence-electron chi connectivity index (χ3n) is 5.32. The standard InChI is InChI=1S/C26H26ClN5O3/c1-17(14-32(3)18(2)33)35-24-9-6-8-22-25(24)26(30-16-29-22)31-19-10-11-23(21(27)13-19)34-15-20-7-4-5-12-28-20/h4-13,16-17H,14-15H2,1-3H3,(H,29,30,31). The van der Waals surface area contributed by atoms with Gasteiger partial charge in [-0.05, 0) is 49.4 Å². The molecule has 0 saturated carbocycles. The van der Waals surface area contributed by atoms with Crippen molar-refractivity contribution in [3.63, 3.8) is 0 Å². The summed E-state index contributed by atoms with van der Waals surface area (Å²) in [6.45, 7) is 4.22. The molecule has 35 heavy (non-hydrogen) atoms. The topological polar surface area (TPSA) is 89.5 Å². The van der Waals surface area contributed by atoms with Crippen LogP contribution in [0.25, 0.3) is 10.9 Å². The van der Waals surface area contributed by atoms with Crippen molar-refractivity contribution in [3.05, 3.63) is 77.8 Å². The van der Waals surface area contributed by atoms with Crippen LogP contribution in [-0.2, 0) is 11.4 Å². The number of carbonyl (C=O) groups is 1. The molecule has 2 aromatic carbocycles. The lowest BCUT2D eigenvalue weighted by Crippen LogP contribution is -2.34. The Morgan fingerprint density at radius 2 is 1.94 bits per heavy atom. The van der Waals surface area contributed by atoms with Crippen molar-refractivity contribution in [2.24, 2.45) is 0 Å². The lowest BCUT2D eigenvalue weighted by molar-refractivity contribution is -0.128. The minimum atomic E-state index is -0.229. The quantitative estimate of drug-likeness (QED) is 0.342. The Hall–Kier alpha value is -3.91. The molecule has 1 unspecified atom stereocenters. The van der Waals surface area contributed by atoms with Crippen molar-refractivity contribution in [2.75, 3.05) is 18.9 Å². The maximum Gasteiger partial charge on any atom is 0.219 e. The van der Waals surface area contributed by atoms with Crippen molar-refractivity contribution in [1.29, 1.82) is 0 Å². The molecule has 1 atom stereocenters. The van der Waals surface area contributed by atoms with E-state index in [4.69, 9.17) is 21.1 Å². The molecule has 0 aliphatic carbocycles. The summed E-state index contributed by atoms with van der Waals surface area (Å²) in [5.41, 5.74) is 2.28. The number of likely N-dealkylation sites (N-methyl/N-ethyl adjacent to an activating group) is 1. The van der Waals surface area contributed by atoms with Gasteiger partial charge in [-0.15, -0.1) is 0 Å². The molecule has 0 spiro atoms. The molecule has 1 N–H and O–H groups in total. The SMILES string of the molecule is CC(=O)N(C)CC(C)Oc1cccc2ncnc(Nc3ccc(OCc4ccccn4)c(Cl)c3)c12. The molecular formula is C26H26ClN5O3. The van der Waals surface area contributed by atoms with E-state index in [1.54, 1.807) is 30.3 Å². The summed E-state index contributed by atoms with van der Waals surface area (Å²) in [5.74, 6) is 1.74. The summed E-state index contributed by atoms with van der Waals surface area (Å²) >= 11 is 6.48. The number of carbonyl (C=O) groups excluding carboxylic acids is 1. The van der Waals surface area contributed by atoms with Crippen molar-refractivity contribution in [2.45, 2.75) is 26.6 Å². The number of hydrogen-bond acceptors (Lipinski definition) is 7. The number of ether oxygens (including phenoxy) is 2. The summed E-state index contributed by atoms with van der Waals surface area (Å²) in [5, 5.41) is 4.51. The van der Waals surface area contributed by atoms with E-state index < -0.39 is 0 Å². The number of halogens is 1. The second-order valence-electron chi connectivity index (χ2n) is 8.08. The van der Waals surface area contributed by atoms with E-state index in [0.717, 1.165) is 22.3 Å². The summed E-state index contributed by atoms with van der Waals surface area (Å²) < 4.78 is 12.0. The van der Waals surface area contributed by atoms with E-state index in [-0.39, 0.29) is 12.0 Å². The lowest BCUT2D eigenvalue weighted by atomic mass is 10.2. The van der Waals surface area contributed by atoms with E-state index in [2.05, 4.69) is 20.3 Å². The van der Waals surface area contributed by atoms with Gasteiger partial charge in [-0.2, -0.15) is 0 Å². The highest BCUT2D eigenvalue weighted by Crippen LogP contribution is 2.34. The predicted molar refractivity (Wildman–Crippen MR) is 136 cm³/mol. The van der Waals surface area contributed by atoms with E-state index in [1.165, 1.54) is 13.3 Å². The number of rotatable bonds is 9. The van der Waals surface area contributed by atoms with Gasteiger partial charge in [0.05, 0.1) is 28.2 Å². The predicted octanol–water partition coefficient (Wildman–Crippen LogP) is 5.25. The van der Waals surface area contributed by atoms with Crippen LogP contribution in [0, 0.1) is 0 Å². The summed E-state index contributed by atoms with van der Waals surface area (Å²) in [6.07, 6.45) is 2.99. The van der Waals surface area contributed by atoms with Gasteiger partial charge in [0, 0.05) is 25.9 Å².